The van der Waals surface area contributed by atoms with Crippen molar-refractivity contribution in [3.8, 4) is 0 Å². The first-order chi connectivity index (χ1) is 11.6. The number of ether oxygens (including phenoxy) is 1. The summed E-state index contributed by atoms with van der Waals surface area (Å²) in [5.74, 6) is -0.750. The van der Waals surface area contributed by atoms with Crippen molar-refractivity contribution in [3.63, 3.8) is 0 Å². The summed E-state index contributed by atoms with van der Waals surface area (Å²) >= 11 is 0. The number of likely N-dealkylation sites (tertiary alicyclic amines) is 1. The van der Waals surface area contributed by atoms with Gasteiger partial charge in [0.2, 0.25) is 0 Å². The van der Waals surface area contributed by atoms with Crippen LogP contribution in [0.15, 0.2) is 41.1 Å². The predicted octanol–water partition coefficient (Wildman–Crippen LogP) is 2.89. The quantitative estimate of drug-likeness (QED) is 0.926. The van der Waals surface area contributed by atoms with E-state index >= 15 is 0 Å². The number of carboxylic acid groups (broad SMARTS) is 1. The summed E-state index contributed by atoms with van der Waals surface area (Å²) in [6, 6.07) is 9.50. The predicted molar refractivity (Wildman–Crippen MR) is 83.6 cm³/mol. The zero-order valence-corrected chi connectivity index (χ0v) is 13.1. The highest BCUT2D eigenvalue weighted by Crippen LogP contribution is 2.30. The lowest BCUT2D eigenvalue weighted by molar-refractivity contribution is 0.0682. The standard InChI is InChI=1S/C17H18N2O5/c20-16(21)14-15(24-11-18-14)13-6-8-19(9-7-13)17(22)23-10-12-4-2-1-3-5-12/h1-5,11,13H,6-10H2,(H,20,21). The van der Waals surface area contributed by atoms with E-state index in [0.29, 0.717) is 31.7 Å². The molecule has 24 heavy (non-hydrogen) atoms. The molecule has 0 bridgehead atoms. The average Bonchev–Trinajstić information content (AvgIpc) is 3.11. The molecule has 0 aliphatic carbocycles. The zero-order valence-electron chi connectivity index (χ0n) is 13.1. The number of aromatic carboxylic acids is 1. The number of benzene rings is 1. The molecule has 1 aliphatic heterocycles. The fourth-order valence-corrected chi connectivity index (χ4v) is 2.84. The first-order valence-electron chi connectivity index (χ1n) is 7.77. The van der Waals surface area contributed by atoms with Gasteiger partial charge in [0.25, 0.3) is 0 Å². The second-order valence-electron chi connectivity index (χ2n) is 5.67. The van der Waals surface area contributed by atoms with Crippen molar-refractivity contribution >= 4 is 12.1 Å². The number of carboxylic acids is 1. The van der Waals surface area contributed by atoms with Crippen molar-refractivity contribution < 1.29 is 23.8 Å². The number of aromatic nitrogens is 1. The summed E-state index contributed by atoms with van der Waals surface area (Å²) < 4.78 is 10.6. The third-order valence-electron chi connectivity index (χ3n) is 4.13. The summed E-state index contributed by atoms with van der Waals surface area (Å²) in [5.41, 5.74) is 0.897. The van der Waals surface area contributed by atoms with E-state index in [0.717, 1.165) is 12.0 Å². The first kappa shape index (κ1) is 16.0. The normalized spacial score (nSPS) is 15.2. The number of hydrogen-bond acceptors (Lipinski definition) is 5. The van der Waals surface area contributed by atoms with Gasteiger partial charge in [-0.25, -0.2) is 14.6 Å². The van der Waals surface area contributed by atoms with Crippen molar-refractivity contribution in [1.82, 2.24) is 9.88 Å². The molecule has 1 aromatic carbocycles. The van der Waals surface area contributed by atoms with Crippen LogP contribution in [0.3, 0.4) is 0 Å². The molecule has 3 rings (SSSR count). The Kier molecular flexibility index (Phi) is 4.79. The van der Waals surface area contributed by atoms with Gasteiger partial charge in [-0.1, -0.05) is 30.3 Å². The fourth-order valence-electron chi connectivity index (χ4n) is 2.84. The van der Waals surface area contributed by atoms with Gasteiger partial charge in [-0.3, -0.25) is 0 Å². The van der Waals surface area contributed by atoms with Crippen molar-refractivity contribution in [2.75, 3.05) is 13.1 Å². The van der Waals surface area contributed by atoms with Crippen LogP contribution in [0, 0.1) is 0 Å². The molecule has 0 saturated carbocycles. The van der Waals surface area contributed by atoms with E-state index < -0.39 is 5.97 Å². The lowest BCUT2D eigenvalue weighted by Gasteiger charge is -2.30. The van der Waals surface area contributed by atoms with Crippen molar-refractivity contribution in [1.29, 1.82) is 0 Å². The number of rotatable bonds is 4. The summed E-state index contributed by atoms with van der Waals surface area (Å²) in [6.45, 7) is 1.24. The number of piperidine rings is 1. The lowest BCUT2D eigenvalue weighted by Crippen LogP contribution is -2.38. The Hall–Kier alpha value is -2.83. The van der Waals surface area contributed by atoms with Crippen LogP contribution in [0.1, 0.15) is 40.6 Å². The van der Waals surface area contributed by atoms with E-state index in [4.69, 9.17) is 14.3 Å². The molecule has 0 unspecified atom stereocenters. The molecule has 126 valence electrons. The SMILES string of the molecule is O=C(O)c1ncoc1C1CCN(C(=O)OCc2ccccc2)CC1. The molecule has 1 fully saturated rings. The van der Waals surface area contributed by atoms with E-state index in [2.05, 4.69) is 4.98 Å². The molecule has 0 spiro atoms. The Morgan fingerprint density at radius 3 is 2.62 bits per heavy atom. The number of oxazole rings is 1. The van der Waals surface area contributed by atoms with E-state index in [-0.39, 0.29) is 24.3 Å². The van der Waals surface area contributed by atoms with E-state index in [1.807, 2.05) is 30.3 Å². The molecule has 2 aromatic rings. The maximum Gasteiger partial charge on any atom is 0.410 e. The Morgan fingerprint density at radius 1 is 1.25 bits per heavy atom. The Morgan fingerprint density at radius 2 is 1.96 bits per heavy atom. The van der Waals surface area contributed by atoms with Gasteiger partial charge in [-0.15, -0.1) is 0 Å². The monoisotopic (exact) mass is 330 g/mol. The van der Waals surface area contributed by atoms with Crippen LogP contribution in [-0.4, -0.2) is 40.1 Å². The van der Waals surface area contributed by atoms with Crippen molar-refractivity contribution in [3.05, 3.63) is 53.7 Å². The molecule has 7 nitrogen and oxygen atoms in total. The highest BCUT2D eigenvalue weighted by atomic mass is 16.6. The van der Waals surface area contributed by atoms with Gasteiger partial charge in [-0.05, 0) is 18.4 Å². The molecule has 1 N–H and O–H groups in total. The highest BCUT2D eigenvalue weighted by molar-refractivity contribution is 5.86. The minimum atomic E-state index is -1.09. The average molecular weight is 330 g/mol. The molecular weight excluding hydrogens is 312 g/mol. The zero-order chi connectivity index (χ0) is 16.9. The van der Waals surface area contributed by atoms with Crippen LogP contribution in [0.5, 0.6) is 0 Å². The van der Waals surface area contributed by atoms with E-state index in [1.54, 1.807) is 4.90 Å². The minimum Gasteiger partial charge on any atom is -0.476 e. The summed E-state index contributed by atoms with van der Waals surface area (Å²) in [6.07, 6.45) is 2.04. The first-order valence-corrected chi connectivity index (χ1v) is 7.77. The van der Waals surface area contributed by atoms with Gasteiger partial charge in [0.1, 0.15) is 12.4 Å². The van der Waals surface area contributed by atoms with Crippen LogP contribution < -0.4 is 0 Å². The number of hydrogen-bond donors (Lipinski definition) is 1. The summed E-state index contributed by atoms with van der Waals surface area (Å²) in [5, 5.41) is 9.10. The van der Waals surface area contributed by atoms with Crippen LogP contribution in [-0.2, 0) is 11.3 Å². The molecule has 1 aromatic heterocycles. The molecular formula is C17H18N2O5. The van der Waals surface area contributed by atoms with Crippen LogP contribution >= 0.6 is 0 Å². The number of nitrogens with zero attached hydrogens (tertiary/aromatic N) is 2. The smallest absolute Gasteiger partial charge is 0.410 e. The minimum absolute atomic E-state index is 0.0416. The van der Waals surface area contributed by atoms with E-state index in [1.165, 1.54) is 0 Å². The number of carbonyl (C=O) groups is 2. The fraction of sp³-hybridized carbons (Fsp3) is 0.353. The van der Waals surface area contributed by atoms with Crippen LogP contribution in [0.25, 0.3) is 0 Å². The van der Waals surface area contributed by atoms with Crippen molar-refractivity contribution in [2.24, 2.45) is 0 Å². The van der Waals surface area contributed by atoms with Crippen molar-refractivity contribution in [2.45, 2.75) is 25.4 Å². The maximum atomic E-state index is 12.1. The van der Waals surface area contributed by atoms with Crippen LogP contribution in [0.4, 0.5) is 4.79 Å². The van der Waals surface area contributed by atoms with Gasteiger partial charge >= 0.3 is 12.1 Å². The topological polar surface area (TPSA) is 92.9 Å². The van der Waals surface area contributed by atoms with Crippen LogP contribution in [0.2, 0.25) is 0 Å². The van der Waals surface area contributed by atoms with Gasteiger partial charge < -0.3 is 19.2 Å². The molecule has 2 heterocycles. The molecule has 1 saturated heterocycles. The molecule has 0 radical (unpaired) electrons. The maximum absolute atomic E-state index is 12.1. The van der Waals surface area contributed by atoms with Gasteiger partial charge in [-0.2, -0.15) is 0 Å². The molecule has 7 heteroatoms. The van der Waals surface area contributed by atoms with Gasteiger partial charge in [0.05, 0.1) is 0 Å². The largest absolute Gasteiger partial charge is 0.476 e. The second kappa shape index (κ2) is 7.16. The van der Waals surface area contributed by atoms with Gasteiger partial charge in [0, 0.05) is 19.0 Å². The van der Waals surface area contributed by atoms with Gasteiger partial charge in [0.15, 0.2) is 12.1 Å². The highest BCUT2D eigenvalue weighted by Gasteiger charge is 2.30. The Bertz CT molecular complexity index is 705. The lowest BCUT2D eigenvalue weighted by atomic mass is 9.93. The summed E-state index contributed by atoms with van der Waals surface area (Å²) in [7, 11) is 0. The molecule has 1 aliphatic rings. The Balaban J connectivity index is 1.52. The number of amides is 1. The third kappa shape index (κ3) is 3.56. The second-order valence-corrected chi connectivity index (χ2v) is 5.67. The van der Waals surface area contributed by atoms with E-state index in [9.17, 15) is 9.59 Å². The number of carbonyl (C=O) groups excluding carboxylic acids is 1. The molecule has 0 atom stereocenters. The third-order valence-corrected chi connectivity index (χ3v) is 4.13. The molecule has 1 amide bonds. The summed E-state index contributed by atoms with van der Waals surface area (Å²) in [4.78, 5) is 28.6. The Labute approximate surface area is 138 Å².